The molecule has 2 rings (SSSR count). The summed E-state index contributed by atoms with van der Waals surface area (Å²) < 4.78 is 1.15. The molecular formula is C17H26BrN. The van der Waals surface area contributed by atoms with E-state index in [1.54, 1.807) is 0 Å². The molecule has 0 saturated heterocycles. The zero-order valence-corrected chi connectivity index (χ0v) is 13.8. The molecule has 106 valence electrons. The fourth-order valence-corrected chi connectivity index (χ4v) is 3.33. The highest BCUT2D eigenvalue weighted by molar-refractivity contribution is 9.10. The van der Waals surface area contributed by atoms with E-state index in [0.29, 0.717) is 6.04 Å². The molecule has 0 bridgehead atoms. The van der Waals surface area contributed by atoms with Crippen molar-refractivity contribution < 1.29 is 0 Å². The third kappa shape index (κ3) is 4.61. The Labute approximate surface area is 126 Å². The molecule has 0 radical (unpaired) electrons. The minimum absolute atomic E-state index is 0.0601. The summed E-state index contributed by atoms with van der Waals surface area (Å²) in [5.74, 6) is 0. The molecule has 0 unspecified atom stereocenters. The lowest BCUT2D eigenvalue weighted by Crippen LogP contribution is -2.44. The molecule has 0 amide bonds. The topological polar surface area (TPSA) is 12.0 Å². The first-order chi connectivity index (χ1) is 9.08. The van der Waals surface area contributed by atoms with E-state index in [1.165, 1.54) is 50.5 Å². The van der Waals surface area contributed by atoms with Crippen LogP contribution in [0.4, 0.5) is 0 Å². The molecule has 1 saturated carbocycles. The van der Waals surface area contributed by atoms with Crippen LogP contribution in [-0.4, -0.2) is 6.04 Å². The van der Waals surface area contributed by atoms with Crippen LogP contribution in [0.3, 0.4) is 0 Å². The lowest BCUT2D eigenvalue weighted by molar-refractivity contribution is 0.294. The molecule has 19 heavy (non-hydrogen) atoms. The van der Waals surface area contributed by atoms with Crippen molar-refractivity contribution in [2.24, 2.45) is 0 Å². The van der Waals surface area contributed by atoms with Crippen LogP contribution in [0.15, 0.2) is 28.7 Å². The van der Waals surface area contributed by atoms with E-state index in [0.717, 1.165) is 4.47 Å². The molecule has 0 aliphatic heterocycles. The zero-order chi connectivity index (χ0) is 13.7. The third-order valence-electron chi connectivity index (χ3n) is 4.24. The smallest absolute Gasteiger partial charge is 0.0379 e. The van der Waals surface area contributed by atoms with E-state index in [1.807, 2.05) is 0 Å². The Balaban J connectivity index is 2.00. The number of hydrogen-bond donors (Lipinski definition) is 1. The van der Waals surface area contributed by atoms with Gasteiger partial charge in [0, 0.05) is 16.1 Å². The van der Waals surface area contributed by atoms with Crippen LogP contribution in [0.5, 0.6) is 0 Å². The minimum Gasteiger partial charge on any atom is -0.305 e. The first-order valence-corrected chi connectivity index (χ1v) is 8.41. The fourth-order valence-electron chi connectivity index (χ4n) is 3.06. The predicted octanol–water partition coefficient (Wildman–Crippen LogP) is 5.39. The van der Waals surface area contributed by atoms with Crippen LogP contribution in [0.25, 0.3) is 0 Å². The second-order valence-electron chi connectivity index (χ2n) is 6.32. The van der Waals surface area contributed by atoms with Crippen molar-refractivity contribution in [3.8, 4) is 0 Å². The summed E-state index contributed by atoms with van der Waals surface area (Å²) in [7, 11) is 0. The number of halogens is 1. The predicted molar refractivity (Wildman–Crippen MR) is 86.4 cm³/mol. The lowest BCUT2D eigenvalue weighted by Gasteiger charge is -2.33. The Kier molecular flexibility index (Phi) is 5.47. The van der Waals surface area contributed by atoms with Crippen LogP contribution in [-0.2, 0) is 5.54 Å². The van der Waals surface area contributed by atoms with E-state index in [-0.39, 0.29) is 5.54 Å². The first-order valence-electron chi connectivity index (χ1n) is 7.62. The van der Waals surface area contributed by atoms with Gasteiger partial charge in [-0.1, -0.05) is 60.2 Å². The Morgan fingerprint density at radius 2 is 1.47 bits per heavy atom. The van der Waals surface area contributed by atoms with Crippen LogP contribution in [0.2, 0.25) is 0 Å². The molecule has 0 aromatic heterocycles. The summed E-state index contributed by atoms with van der Waals surface area (Å²) in [6.07, 6.45) is 9.69. The molecule has 1 aromatic rings. The number of nitrogens with one attached hydrogen (secondary N) is 1. The largest absolute Gasteiger partial charge is 0.305 e. The molecule has 0 atom stereocenters. The van der Waals surface area contributed by atoms with E-state index >= 15 is 0 Å². The highest BCUT2D eigenvalue weighted by Crippen LogP contribution is 2.26. The molecule has 2 heteroatoms. The SMILES string of the molecule is CC(C)(NC1CCCCCCC1)c1ccc(Br)cc1. The van der Waals surface area contributed by atoms with Crippen molar-refractivity contribution >= 4 is 15.9 Å². The number of hydrogen-bond acceptors (Lipinski definition) is 1. The highest BCUT2D eigenvalue weighted by Gasteiger charge is 2.24. The maximum Gasteiger partial charge on any atom is 0.0379 e. The van der Waals surface area contributed by atoms with Gasteiger partial charge in [-0.2, -0.15) is 0 Å². The van der Waals surface area contributed by atoms with Crippen molar-refractivity contribution in [1.82, 2.24) is 5.32 Å². The fraction of sp³-hybridized carbons (Fsp3) is 0.647. The maximum absolute atomic E-state index is 3.88. The second-order valence-corrected chi connectivity index (χ2v) is 7.23. The Hall–Kier alpha value is -0.340. The molecule has 1 aliphatic carbocycles. The molecule has 0 heterocycles. The monoisotopic (exact) mass is 323 g/mol. The van der Waals surface area contributed by atoms with E-state index in [2.05, 4.69) is 59.4 Å². The maximum atomic E-state index is 3.88. The normalized spacial score (nSPS) is 18.9. The Morgan fingerprint density at radius 3 is 2.05 bits per heavy atom. The summed E-state index contributed by atoms with van der Waals surface area (Å²) in [5.41, 5.74) is 1.43. The van der Waals surface area contributed by atoms with Gasteiger partial charge in [0.2, 0.25) is 0 Å². The standard InChI is InChI=1S/C17H26BrN/c1-17(2,14-10-12-15(18)13-11-14)19-16-8-6-4-3-5-7-9-16/h10-13,16,19H,3-9H2,1-2H3. The quantitative estimate of drug-likeness (QED) is 0.786. The van der Waals surface area contributed by atoms with E-state index in [9.17, 15) is 0 Å². The summed E-state index contributed by atoms with van der Waals surface area (Å²) in [6.45, 7) is 4.60. The summed E-state index contributed by atoms with van der Waals surface area (Å²) in [6, 6.07) is 9.40. The van der Waals surface area contributed by atoms with Crippen LogP contribution >= 0.6 is 15.9 Å². The van der Waals surface area contributed by atoms with Gasteiger partial charge in [-0.05, 0) is 44.4 Å². The van der Waals surface area contributed by atoms with Crippen molar-refractivity contribution in [2.75, 3.05) is 0 Å². The zero-order valence-electron chi connectivity index (χ0n) is 12.2. The van der Waals surface area contributed by atoms with Gasteiger partial charge in [0.1, 0.15) is 0 Å². The van der Waals surface area contributed by atoms with Crippen LogP contribution in [0.1, 0.15) is 64.4 Å². The van der Waals surface area contributed by atoms with Crippen molar-refractivity contribution in [3.05, 3.63) is 34.3 Å². The van der Waals surface area contributed by atoms with Crippen molar-refractivity contribution in [3.63, 3.8) is 0 Å². The number of benzene rings is 1. The van der Waals surface area contributed by atoms with Crippen LogP contribution in [0, 0.1) is 0 Å². The summed E-state index contributed by atoms with van der Waals surface area (Å²) in [4.78, 5) is 0. The summed E-state index contributed by atoms with van der Waals surface area (Å²) in [5, 5.41) is 3.88. The Bertz CT molecular complexity index is 375. The summed E-state index contributed by atoms with van der Waals surface area (Å²) >= 11 is 3.51. The van der Waals surface area contributed by atoms with Gasteiger partial charge in [0.05, 0.1) is 0 Å². The molecule has 1 aromatic carbocycles. The van der Waals surface area contributed by atoms with Gasteiger partial charge < -0.3 is 5.32 Å². The van der Waals surface area contributed by atoms with E-state index < -0.39 is 0 Å². The van der Waals surface area contributed by atoms with Gasteiger partial charge >= 0.3 is 0 Å². The molecule has 1 N–H and O–H groups in total. The van der Waals surface area contributed by atoms with Gasteiger partial charge in [0.15, 0.2) is 0 Å². The molecule has 1 aliphatic rings. The van der Waals surface area contributed by atoms with Gasteiger partial charge in [0.25, 0.3) is 0 Å². The third-order valence-corrected chi connectivity index (χ3v) is 4.76. The molecule has 1 nitrogen and oxygen atoms in total. The average Bonchev–Trinajstić information content (AvgIpc) is 2.33. The highest BCUT2D eigenvalue weighted by atomic mass is 79.9. The van der Waals surface area contributed by atoms with Crippen LogP contribution < -0.4 is 5.32 Å². The van der Waals surface area contributed by atoms with Gasteiger partial charge in [-0.25, -0.2) is 0 Å². The Morgan fingerprint density at radius 1 is 0.947 bits per heavy atom. The number of rotatable bonds is 3. The van der Waals surface area contributed by atoms with Crippen molar-refractivity contribution in [1.29, 1.82) is 0 Å². The average molecular weight is 324 g/mol. The molecular weight excluding hydrogens is 298 g/mol. The van der Waals surface area contributed by atoms with Crippen molar-refractivity contribution in [2.45, 2.75) is 70.4 Å². The first kappa shape index (κ1) is 15.1. The lowest BCUT2D eigenvalue weighted by atomic mass is 9.90. The van der Waals surface area contributed by atoms with Gasteiger partial charge in [-0.15, -0.1) is 0 Å². The van der Waals surface area contributed by atoms with E-state index in [4.69, 9.17) is 0 Å². The molecule has 1 fully saturated rings. The van der Waals surface area contributed by atoms with Gasteiger partial charge in [-0.3, -0.25) is 0 Å². The molecule has 0 spiro atoms. The minimum atomic E-state index is 0.0601. The second kappa shape index (κ2) is 6.90.